The van der Waals surface area contributed by atoms with Gasteiger partial charge in [-0.15, -0.1) is 0 Å². The van der Waals surface area contributed by atoms with Gasteiger partial charge in [0.25, 0.3) is 0 Å². The number of aryl methyl sites for hydroxylation is 2. The molecule has 28 heavy (non-hydrogen) atoms. The smallest absolute Gasteiger partial charge is 0.0184 e. The number of hydrogen-bond acceptors (Lipinski definition) is 0. The van der Waals surface area contributed by atoms with Crippen molar-refractivity contribution in [3.05, 3.63) is 59.7 Å². The summed E-state index contributed by atoms with van der Waals surface area (Å²) in [5, 5.41) is 0. The molecule has 0 aliphatic heterocycles. The first-order valence-corrected chi connectivity index (χ1v) is 12.0. The Morgan fingerprint density at radius 1 is 0.393 bits per heavy atom. The van der Waals surface area contributed by atoms with Crippen LogP contribution in [0.5, 0.6) is 0 Å². The summed E-state index contributed by atoms with van der Waals surface area (Å²) >= 11 is 0. The van der Waals surface area contributed by atoms with E-state index in [0.29, 0.717) is 0 Å². The SMILES string of the molecule is CCCCCCCCc1ccc(-c2ccc(CCCCCCCC)cc2)cc1. The van der Waals surface area contributed by atoms with Crippen molar-refractivity contribution >= 4 is 0 Å². The molecule has 0 N–H and O–H groups in total. The molecule has 0 bridgehead atoms. The van der Waals surface area contributed by atoms with Crippen LogP contribution in [0.1, 0.15) is 102 Å². The summed E-state index contributed by atoms with van der Waals surface area (Å²) in [6.07, 6.45) is 18.9. The summed E-state index contributed by atoms with van der Waals surface area (Å²) < 4.78 is 0. The molecule has 0 aromatic heterocycles. The van der Waals surface area contributed by atoms with Crippen LogP contribution < -0.4 is 0 Å². The first-order chi connectivity index (χ1) is 13.8. The Hall–Kier alpha value is -1.56. The van der Waals surface area contributed by atoms with Crippen LogP contribution in [0.15, 0.2) is 48.5 Å². The molecule has 0 saturated carbocycles. The monoisotopic (exact) mass is 378 g/mol. The zero-order chi connectivity index (χ0) is 19.9. The standard InChI is InChI=1S/C28H42/c1-3-5-7-9-11-13-15-25-17-21-27(22-18-25)28-23-19-26(20-24-28)16-14-12-10-8-6-4-2/h17-24H,3-16H2,1-2H3. The normalized spacial score (nSPS) is 11.1. The lowest BCUT2D eigenvalue weighted by atomic mass is 9.98. The van der Waals surface area contributed by atoms with Crippen molar-refractivity contribution < 1.29 is 0 Å². The van der Waals surface area contributed by atoms with Crippen LogP contribution in [0.4, 0.5) is 0 Å². The third-order valence-corrected chi connectivity index (χ3v) is 5.88. The average molecular weight is 379 g/mol. The van der Waals surface area contributed by atoms with Gasteiger partial charge in [-0.1, -0.05) is 127 Å². The minimum absolute atomic E-state index is 1.23. The molecular formula is C28H42. The molecular weight excluding hydrogens is 336 g/mol. The van der Waals surface area contributed by atoms with Gasteiger partial charge < -0.3 is 0 Å². The summed E-state index contributed by atoms with van der Waals surface area (Å²) in [6.45, 7) is 4.56. The molecule has 0 unspecified atom stereocenters. The average Bonchev–Trinajstić information content (AvgIpc) is 2.74. The van der Waals surface area contributed by atoms with Gasteiger partial charge in [-0.3, -0.25) is 0 Å². The van der Waals surface area contributed by atoms with Crippen molar-refractivity contribution in [1.29, 1.82) is 0 Å². The molecule has 0 saturated heterocycles. The fourth-order valence-electron chi connectivity index (χ4n) is 3.95. The highest BCUT2D eigenvalue weighted by molar-refractivity contribution is 5.63. The van der Waals surface area contributed by atoms with E-state index in [2.05, 4.69) is 62.4 Å². The number of benzene rings is 2. The van der Waals surface area contributed by atoms with Gasteiger partial charge in [-0.25, -0.2) is 0 Å². The molecule has 0 amide bonds. The Balaban J connectivity index is 1.71. The lowest BCUT2D eigenvalue weighted by Crippen LogP contribution is -1.88. The highest BCUT2D eigenvalue weighted by Gasteiger charge is 2.00. The number of hydrogen-bond donors (Lipinski definition) is 0. The molecule has 0 aliphatic rings. The Kier molecular flexibility index (Phi) is 11.7. The van der Waals surface area contributed by atoms with Gasteiger partial charge in [0.05, 0.1) is 0 Å². The molecule has 2 aromatic rings. The molecule has 0 heterocycles. The minimum Gasteiger partial charge on any atom is -0.0654 e. The van der Waals surface area contributed by atoms with E-state index >= 15 is 0 Å². The Morgan fingerprint density at radius 2 is 0.714 bits per heavy atom. The van der Waals surface area contributed by atoms with E-state index in [1.54, 1.807) is 0 Å². The molecule has 2 aromatic carbocycles. The predicted molar refractivity (Wildman–Crippen MR) is 126 cm³/mol. The van der Waals surface area contributed by atoms with Crippen LogP contribution in [0.25, 0.3) is 11.1 Å². The van der Waals surface area contributed by atoms with E-state index in [9.17, 15) is 0 Å². The zero-order valence-corrected chi connectivity index (χ0v) is 18.5. The van der Waals surface area contributed by atoms with Crippen LogP contribution in [0.2, 0.25) is 0 Å². The molecule has 0 spiro atoms. The fourth-order valence-corrected chi connectivity index (χ4v) is 3.95. The Morgan fingerprint density at radius 3 is 1.07 bits per heavy atom. The summed E-state index contributed by atoms with van der Waals surface area (Å²) in [6, 6.07) is 18.5. The minimum atomic E-state index is 1.23. The van der Waals surface area contributed by atoms with E-state index in [1.807, 2.05) is 0 Å². The molecule has 2 rings (SSSR count). The largest absolute Gasteiger partial charge is 0.0654 e. The van der Waals surface area contributed by atoms with Gasteiger partial charge in [-0.05, 0) is 47.9 Å². The van der Waals surface area contributed by atoms with Gasteiger partial charge in [0.1, 0.15) is 0 Å². The van der Waals surface area contributed by atoms with Crippen molar-refractivity contribution in [3.8, 4) is 11.1 Å². The van der Waals surface area contributed by atoms with Gasteiger partial charge in [0, 0.05) is 0 Å². The molecule has 0 heteroatoms. The van der Waals surface area contributed by atoms with Crippen molar-refractivity contribution in [2.24, 2.45) is 0 Å². The lowest BCUT2D eigenvalue weighted by molar-refractivity contribution is 0.607. The third-order valence-electron chi connectivity index (χ3n) is 5.88. The zero-order valence-electron chi connectivity index (χ0n) is 18.5. The molecule has 0 fully saturated rings. The summed E-state index contributed by atoms with van der Waals surface area (Å²) in [4.78, 5) is 0. The van der Waals surface area contributed by atoms with Crippen LogP contribution in [0, 0.1) is 0 Å². The van der Waals surface area contributed by atoms with Gasteiger partial charge >= 0.3 is 0 Å². The van der Waals surface area contributed by atoms with Crippen LogP contribution in [-0.2, 0) is 12.8 Å². The first-order valence-electron chi connectivity index (χ1n) is 12.0. The maximum atomic E-state index is 2.32. The highest BCUT2D eigenvalue weighted by Crippen LogP contribution is 2.22. The fraction of sp³-hybridized carbons (Fsp3) is 0.571. The second-order valence-corrected chi connectivity index (χ2v) is 8.43. The van der Waals surface area contributed by atoms with Crippen LogP contribution >= 0.6 is 0 Å². The van der Waals surface area contributed by atoms with E-state index in [4.69, 9.17) is 0 Å². The van der Waals surface area contributed by atoms with Gasteiger partial charge in [0.2, 0.25) is 0 Å². The number of rotatable bonds is 15. The summed E-state index contributed by atoms with van der Waals surface area (Å²) in [7, 11) is 0. The first kappa shape index (κ1) is 22.7. The second-order valence-electron chi connectivity index (χ2n) is 8.43. The Labute approximate surface area is 174 Å². The molecule has 0 nitrogen and oxygen atoms in total. The topological polar surface area (TPSA) is 0 Å². The highest BCUT2D eigenvalue weighted by atomic mass is 14.1. The lowest BCUT2D eigenvalue weighted by Gasteiger charge is -2.07. The van der Waals surface area contributed by atoms with Crippen molar-refractivity contribution in [3.63, 3.8) is 0 Å². The second kappa shape index (κ2) is 14.4. The maximum absolute atomic E-state index is 2.32. The van der Waals surface area contributed by atoms with Crippen molar-refractivity contribution in [1.82, 2.24) is 0 Å². The van der Waals surface area contributed by atoms with Gasteiger partial charge in [-0.2, -0.15) is 0 Å². The number of unbranched alkanes of at least 4 members (excludes halogenated alkanes) is 10. The van der Waals surface area contributed by atoms with Crippen LogP contribution in [0.3, 0.4) is 0 Å². The quantitative estimate of drug-likeness (QED) is 0.271. The van der Waals surface area contributed by atoms with Crippen LogP contribution in [-0.4, -0.2) is 0 Å². The van der Waals surface area contributed by atoms with Crippen molar-refractivity contribution in [2.45, 2.75) is 104 Å². The van der Waals surface area contributed by atoms with Crippen molar-refractivity contribution in [2.75, 3.05) is 0 Å². The van der Waals surface area contributed by atoms with E-state index in [0.717, 1.165) is 0 Å². The molecule has 0 radical (unpaired) electrons. The maximum Gasteiger partial charge on any atom is -0.0184 e. The summed E-state index contributed by atoms with van der Waals surface area (Å²) in [5.74, 6) is 0. The Bertz CT molecular complexity index is 548. The van der Waals surface area contributed by atoms with E-state index < -0.39 is 0 Å². The van der Waals surface area contributed by atoms with E-state index in [-0.39, 0.29) is 0 Å². The third kappa shape index (κ3) is 9.09. The molecule has 0 atom stereocenters. The molecule has 154 valence electrons. The predicted octanol–water partition coefficient (Wildman–Crippen LogP) is 9.16. The van der Waals surface area contributed by atoms with Gasteiger partial charge in [0.15, 0.2) is 0 Å². The molecule has 0 aliphatic carbocycles. The summed E-state index contributed by atoms with van der Waals surface area (Å²) in [5.41, 5.74) is 5.66. The van der Waals surface area contributed by atoms with E-state index in [1.165, 1.54) is 112 Å².